The van der Waals surface area contributed by atoms with E-state index in [0.29, 0.717) is 28.5 Å². The first-order chi connectivity index (χ1) is 14.5. The van der Waals surface area contributed by atoms with Crippen LogP contribution in [0.5, 0.6) is 17.2 Å². The number of hydrogen-bond donors (Lipinski definition) is 1. The van der Waals surface area contributed by atoms with Crippen LogP contribution in [0.1, 0.15) is 22.8 Å². The van der Waals surface area contributed by atoms with Gasteiger partial charge in [-0.15, -0.1) is 0 Å². The van der Waals surface area contributed by atoms with E-state index in [1.165, 1.54) is 21.3 Å². The van der Waals surface area contributed by atoms with Crippen molar-refractivity contribution in [1.29, 1.82) is 0 Å². The Kier molecular flexibility index (Phi) is 5.34. The molecule has 0 saturated heterocycles. The Labute approximate surface area is 179 Å². The Balaban J connectivity index is 1.58. The third-order valence-electron chi connectivity index (χ3n) is 5.15. The van der Waals surface area contributed by atoms with Crippen LogP contribution in [0.2, 0.25) is 0 Å². The Morgan fingerprint density at radius 2 is 1.87 bits per heavy atom. The van der Waals surface area contributed by atoms with E-state index in [9.17, 15) is 4.79 Å². The van der Waals surface area contributed by atoms with E-state index in [1.807, 2.05) is 35.9 Å². The van der Waals surface area contributed by atoms with Crippen molar-refractivity contribution < 1.29 is 19.0 Å². The summed E-state index contributed by atoms with van der Waals surface area (Å²) in [4.78, 5) is 19.9. The Morgan fingerprint density at radius 3 is 2.50 bits per heavy atom. The molecule has 7 nitrogen and oxygen atoms in total. The second-order valence-electron chi connectivity index (χ2n) is 7.15. The smallest absolute Gasteiger partial charge is 0.255 e. The highest BCUT2D eigenvalue weighted by Gasteiger charge is 2.37. The van der Waals surface area contributed by atoms with Gasteiger partial charge in [0, 0.05) is 17.5 Å². The molecule has 1 amide bonds. The molecule has 2 aromatic carbocycles. The minimum Gasteiger partial charge on any atom is -0.493 e. The van der Waals surface area contributed by atoms with Crippen LogP contribution in [0.25, 0.3) is 0 Å². The van der Waals surface area contributed by atoms with Gasteiger partial charge in [0.15, 0.2) is 16.7 Å². The van der Waals surface area contributed by atoms with E-state index in [-0.39, 0.29) is 11.4 Å². The molecule has 0 fully saturated rings. The maximum atomic E-state index is 12.9. The predicted molar refractivity (Wildman–Crippen MR) is 119 cm³/mol. The number of fused-ring (bicyclic) bond motifs is 1. The minimum absolute atomic E-state index is 0.270. The van der Waals surface area contributed by atoms with Gasteiger partial charge in [0.25, 0.3) is 5.91 Å². The number of aliphatic imine (C=N–C) groups is 1. The molecule has 0 radical (unpaired) electrons. The van der Waals surface area contributed by atoms with E-state index in [4.69, 9.17) is 19.2 Å². The summed E-state index contributed by atoms with van der Waals surface area (Å²) >= 11 is 1.62. The maximum absolute atomic E-state index is 12.9. The Bertz CT molecular complexity index is 1030. The number of carbonyl (C=O) groups excluding carboxylic acids is 1. The van der Waals surface area contributed by atoms with E-state index in [2.05, 4.69) is 17.1 Å². The highest BCUT2D eigenvalue weighted by atomic mass is 32.2. The fourth-order valence-corrected chi connectivity index (χ4v) is 4.43. The first-order valence-corrected chi connectivity index (χ1v) is 10.3. The van der Waals surface area contributed by atoms with Crippen molar-refractivity contribution in [2.24, 2.45) is 4.99 Å². The van der Waals surface area contributed by atoms with Gasteiger partial charge < -0.3 is 24.4 Å². The number of amidine groups is 1. The normalized spacial score (nSPS) is 19.3. The highest BCUT2D eigenvalue weighted by Crippen LogP contribution is 2.39. The predicted octanol–water partition coefficient (Wildman–Crippen LogP) is 4.07. The van der Waals surface area contributed by atoms with Crippen molar-refractivity contribution in [3.8, 4) is 17.2 Å². The number of hydrogen-bond acceptors (Lipinski definition) is 7. The van der Waals surface area contributed by atoms with Crippen LogP contribution in [0, 0.1) is 0 Å². The molecule has 0 bridgehead atoms. The number of nitrogens with one attached hydrogen (secondary N) is 1. The van der Waals surface area contributed by atoms with Gasteiger partial charge in [0.05, 0.1) is 27.9 Å². The van der Waals surface area contributed by atoms with E-state index >= 15 is 0 Å². The van der Waals surface area contributed by atoms with Gasteiger partial charge in [-0.05, 0) is 42.2 Å². The summed E-state index contributed by atoms with van der Waals surface area (Å²) in [6.45, 7) is 2.88. The largest absolute Gasteiger partial charge is 0.493 e. The fraction of sp³-hybridized carbons (Fsp3) is 0.273. The van der Waals surface area contributed by atoms with Crippen LogP contribution in [0.3, 0.4) is 0 Å². The van der Waals surface area contributed by atoms with Crippen LogP contribution < -0.4 is 19.5 Å². The molecule has 0 saturated carbocycles. The second-order valence-corrected chi connectivity index (χ2v) is 8.02. The molecular formula is C22H23N3O4S. The number of benzene rings is 2. The van der Waals surface area contributed by atoms with E-state index in [0.717, 1.165) is 17.3 Å². The molecule has 2 aliphatic heterocycles. The van der Waals surface area contributed by atoms with Crippen molar-refractivity contribution in [1.82, 2.24) is 4.90 Å². The van der Waals surface area contributed by atoms with Gasteiger partial charge in [-0.3, -0.25) is 4.79 Å². The van der Waals surface area contributed by atoms with Gasteiger partial charge in [-0.1, -0.05) is 23.9 Å². The first kappa shape index (κ1) is 20.2. The number of carbonyl (C=O) groups is 1. The fourth-order valence-electron chi connectivity index (χ4n) is 3.59. The quantitative estimate of drug-likeness (QED) is 0.752. The van der Waals surface area contributed by atoms with Gasteiger partial charge in [0.2, 0.25) is 5.75 Å². The van der Waals surface area contributed by atoms with Crippen LogP contribution in [0.15, 0.2) is 53.0 Å². The van der Waals surface area contributed by atoms with E-state index < -0.39 is 0 Å². The van der Waals surface area contributed by atoms with Crippen molar-refractivity contribution in [2.75, 3.05) is 33.2 Å². The number of thioether (sulfide) groups is 1. The third-order valence-corrected chi connectivity index (χ3v) is 5.94. The summed E-state index contributed by atoms with van der Waals surface area (Å²) in [5, 5.41) is 6.00. The first-order valence-electron chi connectivity index (χ1n) is 9.39. The maximum Gasteiger partial charge on any atom is 0.255 e. The lowest BCUT2D eigenvalue weighted by Crippen LogP contribution is -2.27. The molecular weight excluding hydrogens is 402 g/mol. The number of methoxy groups -OCH3 is 3. The molecule has 2 heterocycles. The Morgan fingerprint density at radius 1 is 1.13 bits per heavy atom. The molecule has 156 valence electrons. The van der Waals surface area contributed by atoms with Crippen LogP contribution in [-0.4, -0.2) is 43.8 Å². The average Bonchev–Trinajstić information content (AvgIpc) is 3.31. The molecule has 1 unspecified atom stereocenters. The molecule has 1 atom stereocenters. The monoisotopic (exact) mass is 425 g/mol. The SMILES string of the molecule is COc1cc(C(=O)Nc2cccc(C3(C)CN4C=CSC4=N3)c2)cc(OC)c1OC. The third kappa shape index (κ3) is 3.59. The molecule has 4 rings (SSSR count). The van der Waals surface area contributed by atoms with E-state index in [1.54, 1.807) is 23.9 Å². The number of amides is 1. The standard InChI is InChI=1S/C22H23N3O4S/c1-22(13-25-8-9-30-21(25)24-22)15-6-5-7-16(12-15)23-20(26)14-10-17(27-2)19(29-4)18(11-14)28-3/h5-12H,13H2,1-4H3,(H,23,26). The van der Waals surface area contributed by atoms with Gasteiger partial charge in [-0.2, -0.15) is 0 Å². The number of ether oxygens (including phenoxy) is 3. The summed E-state index contributed by atoms with van der Waals surface area (Å²) in [6.07, 6.45) is 2.05. The van der Waals surface area contributed by atoms with Crippen LogP contribution >= 0.6 is 11.8 Å². The number of rotatable bonds is 6. The number of anilines is 1. The van der Waals surface area contributed by atoms with Crippen molar-refractivity contribution in [2.45, 2.75) is 12.5 Å². The molecule has 8 heteroatoms. The summed E-state index contributed by atoms with van der Waals surface area (Å²) in [5.74, 6) is 1.03. The average molecular weight is 426 g/mol. The zero-order chi connectivity index (χ0) is 21.3. The molecule has 0 aliphatic carbocycles. The summed E-state index contributed by atoms with van der Waals surface area (Å²) < 4.78 is 16.0. The summed E-state index contributed by atoms with van der Waals surface area (Å²) in [5.41, 5.74) is 1.79. The zero-order valence-corrected chi connectivity index (χ0v) is 18.1. The lowest BCUT2D eigenvalue weighted by Gasteiger charge is -2.23. The van der Waals surface area contributed by atoms with Crippen molar-refractivity contribution in [3.05, 3.63) is 59.1 Å². The molecule has 1 N–H and O–H groups in total. The second kappa shape index (κ2) is 7.95. The van der Waals surface area contributed by atoms with Crippen molar-refractivity contribution in [3.63, 3.8) is 0 Å². The summed E-state index contributed by atoms with van der Waals surface area (Å²) in [6, 6.07) is 11.1. The molecule has 0 aromatic heterocycles. The molecule has 0 spiro atoms. The number of nitrogens with zero attached hydrogens (tertiary/aromatic N) is 2. The molecule has 2 aromatic rings. The van der Waals surface area contributed by atoms with Gasteiger partial charge in [-0.25, -0.2) is 4.99 Å². The van der Waals surface area contributed by atoms with Crippen LogP contribution in [0.4, 0.5) is 5.69 Å². The zero-order valence-electron chi connectivity index (χ0n) is 17.3. The lowest BCUT2D eigenvalue weighted by molar-refractivity contribution is 0.102. The van der Waals surface area contributed by atoms with Gasteiger partial charge in [0.1, 0.15) is 5.54 Å². The minimum atomic E-state index is -0.361. The topological polar surface area (TPSA) is 72.4 Å². The lowest BCUT2D eigenvalue weighted by atomic mass is 9.93. The summed E-state index contributed by atoms with van der Waals surface area (Å²) in [7, 11) is 4.56. The van der Waals surface area contributed by atoms with Crippen molar-refractivity contribution >= 4 is 28.5 Å². The Hall–Kier alpha value is -3.13. The van der Waals surface area contributed by atoms with Crippen LogP contribution in [-0.2, 0) is 5.54 Å². The highest BCUT2D eigenvalue weighted by molar-refractivity contribution is 8.16. The molecule has 30 heavy (non-hydrogen) atoms. The molecule has 2 aliphatic rings. The van der Waals surface area contributed by atoms with Gasteiger partial charge >= 0.3 is 0 Å².